The van der Waals surface area contributed by atoms with Crippen molar-refractivity contribution in [2.45, 2.75) is 33.2 Å². The molecule has 0 heterocycles. The Morgan fingerprint density at radius 1 is 1.43 bits per heavy atom. The number of ether oxygens (including phenoxy) is 1. The van der Waals surface area contributed by atoms with Crippen LogP contribution in [0.1, 0.15) is 25.8 Å². The van der Waals surface area contributed by atoms with Gasteiger partial charge in [0.2, 0.25) is 0 Å². The van der Waals surface area contributed by atoms with Gasteiger partial charge in [-0.1, -0.05) is 31.9 Å². The number of halogens is 1. The first-order chi connectivity index (χ1) is 9.85. The zero-order chi connectivity index (χ0) is 16.0. The van der Waals surface area contributed by atoms with Crippen LogP contribution >= 0.6 is 11.6 Å². The summed E-state index contributed by atoms with van der Waals surface area (Å²) in [5.41, 5.74) is 0.812. The third-order valence-electron chi connectivity index (χ3n) is 3.29. The lowest BCUT2D eigenvalue weighted by atomic mass is 9.99. The van der Waals surface area contributed by atoms with Crippen LogP contribution in [0, 0.1) is 12.8 Å². The van der Waals surface area contributed by atoms with Gasteiger partial charge in [0, 0.05) is 5.02 Å². The predicted octanol–water partition coefficient (Wildman–Crippen LogP) is 2.64. The molecule has 116 valence electrons. The molecule has 0 aromatic heterocycles. The molecule has 0 aliphatic heterocycles. The van der Waals surface area contributed by atoms with Gasteiger partial charge in [-0.25, -0.2) is 4.79 Å². The lowest BCUT2D eigenvalue weighted by Crippen LogP contribution is -2.46. The van der Waals surface area contributed by atoms with E-state index < -0.39 is 17.9 Å². The summed E-state index contributed by atoms with van der Waals surface area (Å²) in [5.74, 6) is -1.11. The summed E-state index contributed by atoms with van der Waals surface area (Å²) in [6.07, 6.45) is 0.661. The fraction of sp³-hybridized carbons (Fsp3) is 0.467. The Hall–Kier alpha value is -1.75. The molecule has 1 aromatic carbocycles. The molecule has 0 aliphatic carbocycles. The molecule has 0 fully saturated rings. The number of carbonyl (C=O) groups is 2. The van der Waals surface area contributed by atoms with Crippen LogP contribution in [-0.4, -0.2) is 29.6 Å². The number of aryl methyl sites for hydroxylation is 1. The third kappa shape index (κ3) is 5.27. The highest BCUT2D eigenvalue weighted by molar-refractivity contribution is 6.30. The van der Waals surface area contributed by atoms with Crippen LogP contribution in [0.25, 0.3) is 0 Å². The summed E-state index contributed by atoms with van der Waals surface area (Å²) in [6, 6.07) is 4.17. The minimum absolute atomic E-state index is 0.149. The summed E-state index contributed by atoms with van der Waals surface area (Å²) in [6.45, 7) is 5.24. The van der Waals surface area contributed by atoms with Gasteiger partial charge < -0.3 is 15.2 Å². The van der Waals surface area contributed by atoms with E-state index in [-0.39, 0.29) is 12.5 Å². The van der Waals surface area contributed by atoms with Gasteiger partial charge in [0.05, 0.1) is 0 Å². The number of carboxylic acid groups (broad SMARTS) is 1. The molecule has 0 saturated carbocycles. The molecule has 0 spiro atoms. The molecule has 2 N–H and O–H groups in total. The maximum absolute atomic E-state index is 11.8. The molecule has 21 heavy (non-hydrogen) atoms. The van der Waals surface area contributed by atoms with Crippen molar-refractivity contribution in [3.05, 3.63) is 28.8 Å². The molecule has 0 bridgehead atoms. The fourth-order valence-corrected chi connectivity index (χ4v) is 2.04. The van der Waals surface area contributed by atoms with Crippen LogP contribution in [0.3, 0.4) is 0 Å². The molecule has 0 aliphatic rings. The average Bonchev–Trinajstić information content (AvgIpc) is 2.42. The zero-order valence-electron chi connectivity index (χ0n) is 12.4. The van der Waals surface area contributed by atoms with Gasteiger partial charge in [-0.15, -0.1) is 0 Å². The molecule has 1 rings (SSSR count). The Morgan fingerprint density at radius 3 is 2.62 bits per heavy atom. The summed E-state index contributed by atoms with van der Waals surface area (Å²) in [4.78, 5) is 22.9. The SMILES string of the molecule is CCC(C)C(NC(=O)COc1ccc(Cl)cc1C)C(=O)O. The first-order valence-electron chi connectivity index (χ1n) is 6.76. The van der Waals surface area contributed by atoms with Crippen LogP contribution < -0.4 is 10.1 Å². The summed E-state index contributed by atoms with van der Waals surface area (Å²) < 4.78 is 5.38. The second-order valence-corrected chi connectivity index (χ2v) is 5.40. The second-order valence-electron chi connectivity index (χ2n) is 4.97. The third-order valence-corrected chi connectivity index (χ3v) is 3.53. The summed E-state index contributed by atoms with van der Waals surface area (Å²) in [5, 5.41) is 12.2. The molecule has 6 heteroatoms. The van der Waals surface area contributed by atoms with E-state index in [2.05, 4.69) is 5.32 Å². The zero-order valence-corrected chi connectivity index (χ0v) is 13.1. The van der Waals surface area contributed by atoms with E-state index >= 15 is 0 Å². The highest BCUT2D eigenvalue weighted by atomic mass is 35.5. The summed E-state index contributed by atoms with van der Waals surface area (Å²) >= 11 is 5.83. The molecule has 1 aromatic rings. The number of nitrogens with one attached hydrogen (secondary N) is 1. The maximum atomic E-state index is 11.8. The Kier molecular flexibility index (Phi) is 6.49. The van der Waals surface area contributed by atoms with E-state index in [1.807, 2.05) is 13.8 Å². The number of benzene rings is 1. The van der Waals surface area contributed by atoms with Crippen LogP contribution in [0.5, 0.6) is 5.75 Å². The van der Waals surface area contributed by atoms with Crippen molar-refractivity contribution in [2.75, 3.05) is 6.61 Å². The Morgan fingerprint density at radius 2 is 2.10 bits per heavy atom. The largest absolute Gasteiger partial charge is 0.484 e. The minimum atomic E-state index is -1.04. The molecule has 5 nitrogen and oxygen atoms in total. The minimum Gasteiger partial charge on any atom is -0.484 e. The summed E-state index contributed by atoms with van der Waals surface area (Å²) in [7, 11) is 0. The highest BCUT2D eigenvalue weighted by Crippen LogP contribution is 2.21. The van der Waals surface area contributed by atoms with Gasteiger partial charge in [0.15, 0.2) is 6.61 Å². The van der Waals surface area contributed by atoms with E-state index in [1.54, 1.807) is 25.1 Å². The maximum Gasteiger partial charge on any atom is 0.326 e. The molecular formula is C15H20ClNO4. The van der Waals surface area contributed by atoms with Crippen molar-refractivity contribution in [3.8, 4) is 5.75 Å². The van der Waals surface area contributed by atoms with Crippen LogP contribution in [0.4, 0.5) is 0 Å². The number of rotatable bonds is 7. The second kappa shape index (κ2) is 7.88. The number of hydrogen-bond acceptors (Lipinski definition) is 3. The number of hydrogen-bond donors (Lipinski definition) is 2. The first-order valence-corrected chi connectivity index (χ1v) is 7.14. The Bertz CT molecular complexity index is 518. The number of carboxylic acids is 1. The molecule has 1 amide bonds. The number of aliphatic carboxylic acids is 1. The van der Waals surface area contributed by atoms with Crippen LogP contribution in [0.2, 0.25) is 5.02 Å². The molecule has 2 unspecified atom stereocenters. The van der Waals surface area contributed by atoms with Crippen LogP contribution in [-0.2, 0) is 9.59 Å². The number of amides is 1. The highest BCUT2D eigenvalue weighted by Gasteiger charge is 2.25. The van der Waals surface area contributed by atoms with E-state index in [0.29, 0.717) is 17.2 Å². The molecule has 0 radical (unpaired) electrons. The first kappa shape index (κ1) is 17.3. The monoisotopic (exact) mass is 313 g/mol. The van der Waals surface area contributed by atoms with Crippen molar-refractivity contribution >= 4 is 23.5 Å². The topological polar surface area (TPSA) is 75.6 Å². The molecule has 0 saturated heterocycles. The van der Waals surface area contributed by atoms with Crippen molar-refractivity contribution in [1.29, 1.82) is 0 Å². The lowest BCUT2D eigenvalue weighted by molar-refractivity contribution is -0.143. The van der Waals surface area contributed by atoms with Gasteiger partial charge in [-0.05, 0) is 36.6 Å². The van der Waals surface area contributed by atoms with E-state index in [4.69, 9.17) is 21.4 Å². The van der Waals surface area contributed by atoms with Gasteiger partial charge in [-0.2, -0.15) is 0 Å². The Labute approximate surface area is 129 Å². The van der Waals surface area contributed by atoms with Crippen molar-refractivity contribution < 1.29 is 19.4 Å². The average molecular weight is 314 g/mol. The van der Waals surface area contributed by atoms with Gasteiger partial charge in [-0.3, -0.25) is 4.79 Å². The lowest BCUT2D eigenvalue weighted by Gasteiger charge is -2.20. The standard InChI is InChI=1S/C15H20ClNO4/c1-4-9(2)14(15(19)20)17-13(18)8-21-12-6-5-11(16)7-10(12)3/h5-7,9,14H,4,8H2,1-3H3,(H,17,18)(H,19,20). The smallest absolute Gasteiger partial charge is 0.326 e. The van der Waals surface area contributed by atoms with Gasteiger partial charge >= 0.3 is 5.97 Å². The van der Waals surface area contributed by atoms with Crippen LogP contribution in [0.15, 0.2) is 18.2 Å². The van der Waals surface area contributed by atoms with E-state index in [0.717, 1.165) is 5.56 Å². The quantitative estimate of drug-likeness (QED) is 0.811. The van der Waals surface area contributed by atoms with Gasteiger partial charge in [0.25, 0.3) is 5.91 Å². The molecular weight excluding hydrogens is 294 g/mol. The normalized spacial score (nSPS) is 13.3. The number of carbonyl (C=O) groups excluding carboxylic acids is 1. The van der Waals surface area contributed by atoms with Gasteiger partial charge in [0.1, 0.15) is 11.8 Å². The van der Waals surface area contributed by atoms with E-state index in [1.165, 1.54) is 0 Å². The van der Waals surface area contributed by atoms with Crippen molar-refractivity contribution in [1.82, 2.24) is 5.32 Å². The van der Waals surface area contributed by atoms with Crippen molar-refractivity contribution in [2.24, 2.45) is 5.92 Å². The Balaban J connectivity index is 2.58. The predicted molar refractivity (Wildman–Crippen MR) is 80.7 cm³/mol. The fourth-order valence-electron chi connectivity index (χ4n) is 1.82. The van der Waals surface area contributed by atoms with Crippen molar-refractivity contribution in [3.63, 3.8) is 0 Å². The van der Waals surface area contributed by atoms with E-state index in [9.17, 15) is 9.59 Å². The molecule has 2 atom stereocenters.